The van der Waals surface area contributed by atoms with Gasteiger partial charge in [0.2, 0.25) is 0 Å². The molecule has 0 radical (unpaired) electrons. The molecular formula is C28H34O2. The van der Waals surface area contributed by atoms with E-state index in [0.717, 1.165) is 36.8 Å². The van der Waals surface area contributed by atoms with Gasteiger partial charge in [-0.25, -0.2) is 0 Å². The highest BCUT2D eigenvalue weighted by Crippen LogP contribution is 2.23. The number of hydrogen-bond donors (Lipinski definition) is 0. The van der Waals surface area contributed by atoms with Crippen LogP contribution in [0.3, 0.4) is 0 Å². The number of carbonyl (C=O) groups is 2. The van der Waals surface area contributed by atoms with E-state index in [9.17, 15) is 9.59 Å². The zero-order valence-corrected chi connectivity index (χ0v) is 18.5. The van der Waals surface area contributed by atoms with Crippen LogP contribution in [0.4, 0.5) is 0 Å². The molecule has 158 valence electrons. The molecule has 0 N–H and O–H groups in total. The van der Waals surface area contributed by atoms with E-state index in [1.54, 1.807) is 6.92 Å². The Hall–Kier alpha value is -3.00. The van der Waals surface area contributed by atoms with Crippen molar-refractivity contribution in [2.24, 2.45) is 0 Å². The van der Waals surface area contributed by atoms with E-state index in [1.165, 1.54) is 0 Å². The average molecular weight is 403 g/mol. The Morgan fingerprint density at radius 3 is 1.50 bits per heavy atom. The quantitative estimate of drug-likeness (QED) is 0.383. The van der Waals surface area contributed by atoms with Crippen molar-refractivity contribution in [2.45, 2.75) is 52.4 Å². The van der Waals surface area contributed by atoms with Crippen LogP contribution in [-0.4, -0.2) is 11.6 Å². The lowest BCUT2D eigenvalue weighted by atomic mass is 9.89. The van der Waals surface area contributed by atoms with Gasteiger partial charge >= 0.3 is 0 Å². The highest BCUT2D eigenvalue weighted by Gasteiger charge is 2.19. The number of ketones is 2. The number of unbranched alkanes of at least 4 members (excludes halogenated alkanes) is 1. The van der Waals surface area contributed by atoms with Gasteiger partial charge in [-0.1, -0.05) is 117 Å². The predicted octanol–water partition coefficient (Wildman–Crippen LogP) is 7.52. The third kappa shape index (κ3) is 10.5. The number of hydrogen-bond acceptors (Lipinski definition) is 2. The fraction of sp³-hybridized carbons (Fsp3) is 0.286. The van der Waals surface area contributed by atoms with Gasteiger partial charge in [-0.05, 0) is 25.3 Å². The molecule has 0 fully saturated rings. The molecule has 0 saturated carbocycles. The highest BCUT2D eigenvalue weighted by molar-refractivity contribution is 6.00. The largest absolute Gasteiger partial charge is 0.300 e. The van der Waals surface area contributed by atoms with Crippen molar-refractivity contribution in [2.75, 3.05) is 0 Å². The van der Waals surface area contributed by atoms with Crippen molar-refractivity contribution in [3.63, 3.8) is 0 Å². The minimum absolute atomic E-state index is 0.0291. The van der Waals surface area contributed by atoms with Crippen LogP contribution >= 0.6 is 0 Å². The summed E-state index contributed by atoms with van der Waals surface area (Å²) in [5.74, 6) is 0.486. The Balaban J connectivity index is 0.000000284. The van der Waals surface area contributed by atoms with E-state index in [2.05, 4.69) is 13.8 Å². The van der Waals surface area contributed by atoms with Crippen molar-refractivity contribution < 1.29 is 9.59 Å². The predicted molar refractivity (Wildman–Crippen MR) is 127 cm³/mol. The van der Waals surface area contributed by atoms with Gasteiger partial charge in [-0.2, -0.15) is 0 Å². The van der Waals surface area contributed by atoms with Gasteiger partial charge in [-0.3, -0.25) is 4.79 Å². The summed E-state index contributed by atoms with van der Waals surface area (Å²) in [4.78, 5) is 22.6. The molecule has 0 bridgehead atoms. The van der Waals surface area contributed by atoms with Crippen LogP contribution in [0.5, 0.6) is 0 Å². The monoisotopic (exact) mass is 402 g/mol. The van der Waals surface area contributed by atoms with Gasteiger partial charge in [0.15, 0.2) is 5.78 Å². The van der Waals surface area contributed by atoms with Crippen molar-refractivity contribution in [3.05, 3.63) is 108 Å². The molecule has 0 aliphatic rings. The molecule has 0 amide bonds. The topological polar surface area (TPSA) is 34.1 Å². The van der Waals surface area contributed by atoms with Gasteiger partial charge in [0, 0.05) is 17.9 Å². The number of benzene rings is 3. The van der Waals surface area contributed by atoms with Crippen molar-refractivity contribution in [1.29, 1.82) is 0 Å². The van der Waals surface area contributed by atoms with Crippen LogP contribution in [0.1, 0.15) is 68.3 Å². The summed E-state index contributed by atoms with van der Waals surface area (Å²) in [5.41, 5.74) is 1.90. The van der Waals surface area contributed by atoms with Gasteiger partial charge in [0.1, 0.15) is 5.78 Å². The summed E-state index contributed by atoms with van der Waals surface area (Å²) in [7, 11) is 0. The molecule has 0 spiro atoms. The molecule has 0 saturated heterocycles. The zero-order valence-electron chi connectivity index (χ0n) is 18.5. The van der Waals surface area contributed by atoms with E-state index in [4.69, 9.17) is 0 Å². The second kappa shape index (κ2) is 15.9. The van der Waals surface area contributed by atoms with Crippen LogP contribution in [0.25, 0.3) is 0 Å². The number of Topliss-reactive ketones (excluding diaryl/α,β-unsaturated/α-hetero) is 2. The molecular weight excluding hydrogens is 368 g/mol. The first-order valence-electron chi connectivity index (χ1n) is 10.7. The third-order valence-corrected chi connectivity index (χ3v) is 4.53. The van der Waals surface area contributed by atoms with E-state index >= 15 is 0 Å². The molecule has 0 aromatic heterocycles. The maximum absolute atomic E-state index is 12.4. The van der Waals surface area contributed by atoms with Crippen molar-refractivity contribution >= 4 is 11.6 Å². The number of carbonyl (C=O) groups excluding carboxylic acids is 2. The summed E-state index contributed by atoms with van der Waals surface area (Å²) in [6.45, 7) is 5.77. The first kappa shape index (κ1) is 25.0. The van der Waals surface area contributed by atoms with Crippen molar-refractivity contribution in [1.82, 2.24) is 0 Å². The highest BCUT2D eigenvalue weighted by atomic mass is 16.1. The van der Waals surface area contributed by atoms with Crippen molar-refractivity contribution in [3.8, 4) is 0 Å². The molecule has 30 heavy (non-hydrogen) atoms. The van der Waals surface area contributed by atoms with Gasteiger partial charge in [0.25, 0.3) is 0 Å². The average Bonchev–Trinajstić information content (AvgIpc) is 2.81. The van der Waals surface area contributed by atoms with Crippen LogP contribution in [0.15, 0.2) is 97.1 Å². The fourth-order valence-corrected chi connectivity index (χ4v) is 2.87. The molecule has 2 heteroatoms. The second-order valence-corrected chi connectivity index (χ2v) is 7.06. The molecule has 1 unspecified atom stereocenters. The van der Waals surface area contributed by atoms with E-state index < -0.39 is 0 Å². The molecule has 2 nitrogen and oxygen atoms in total. The summed E-state index contributed by atoms with van der Waals surface area (Å²) in [5, 5.41) is 0. The Kier molecular flexibility index (Phi) is 13.2. The normalized spacial score (nSPS) is 10.5. The Bertz CT molecular complexity index is 784. The van der Waals surface area contributed by atoms with Crippen LogP contribution < -0.4 is 0 Å². The lowest BCUT2D eigenvalue weighted by molar-refractivity contribution is -0.117. The molecule has 0 aliphatic heterocycles. The smallest absolute Gasteiger partial charge is 0.170 e. The molecule has 1 atom stereocenters. The van der Waals surface area contributed by atoms with E-state index in [0.29, 0.717) is 5.78 Å². The van der Waals surface area contributed by atoms with Crippen LogP contribution in [-0.2, 0) is 4.79 Å². The zero-order chi connectivity index (χ0) is 22.0. The molecule has 0 heterocycles. The first-order valence-corrected chi connectivity index (χ1v) is 10.7. The first-order chi connectivity index (χ1) is 14.6. The Morgan fingerprint density at radius 1 is 0.700 bits per heavy atom. The molecule has 3 aromatic carbocycles. The van der Waals surface area contributed by atoms with Gasteiger partial charge in [-0.15, -0.1) is 0 Å². The summed E-state index contributed by atoms with van der Waals surface area (Å²) in [6, 6.07) is 31.5. The Labute approximate surface area is 182 Å². The summed E-state index contributed by atoms with van der Waals surface area (Å²) < 4.78 is 0. The SMILES string of the molecule is CCC(C(=O)c1ccccc1)c1ccccc1.CCCCC(C)=O.c1ccccc1. The van der Waals surface area contributed by atoms with Gasteiger partial charge < -0.3 is 4.79 Å². The molecule has 3 aromatic rings. The van der Waals surface area contributed by atoms with Crippen LogP contribution in [0.2, 0.25) is 0 Å². The van der Waals surface area contributed by atoms with Gasteiger partial charge in [0.05, 0.1) is 0 Å². The number of rotatable bonds is 7. The maximum atomic E-state index is 12.4. The summed E-state index contributed by atoms with van der Waals surface area (Å²) >= 11 is 0. The second-order valence-electron chi connectivity index (χ2n) is 7.06. The molecule has 3 rings (SSSR count). The fourth-order valence-electron chi connectivity index (χ4n) is 2.87. The standard InChI is InChI=1S/C16H16O.C6H12O.C6H6/c1-2-15(13-9-5-3-6-10-13)16(17)14-11-7-4-8-12-14;1-3-4-5-6(2)7;1-2-4-6-5-3-1/h3-12,15H,2H2,1H3;3-5H2,1-2H3;1-6H. The molecule has 0 aliphatic carbocycles. The summed E-state index contributed by atoms with van der Waals surface area (Å²) in [6.07, 6.45) is 3.77. The Morgan fingerprint density at radius 2 is 1.13 bits per heavy atom. The van der Waals surface area contributed by atoms with Crippen LogP contribution in [0, 0.1) is 0 Å². The van der Waals surface area contributed by atoms with E-state index in [-0.39, 0.29) is 11.7 Å². The third-order valence-electron chi connectivity index (χ3n) is 4.53. The maximum Gasteiger partial charge on any atom is 0.170 e. The lowest BCUT2D eigenvalue weighted by Gasteiger charge is -2.14. The minimum Gasteiger partial charge on any atom is -0.300 e. The lowest BCUT2D eigenvalue weighted by Crippen LogP contribution is -2.11. The minimum atomic E-state index is -0.0291. The van der Waals surface area contributed by atoms with E-state index in [1.807, 2.05) is 97.1 Å².